The molecule has 0 radical (unpaired) electrons. The highest BCUT2D eigenvalue weighted by Crippen LogP contribution is 2.35. The van der Waals surface area contributed by atoms with E-state index in [1.807, 2.05) is 0 Å². The number of nitriles is 1. The summed E-state index contributed by atoms with van der Waals surface area (Å²) in [6, 6.07) is 3.93. The van der Waals surface area contributed by atoms with E-state index >= 15 is 0 Å². The Morgan fingerprint density at radius 1 is 1.39 bits per heavy atom. The second-order valence-electron chi connectivity index (χ2n) is 6.84. The van der Waals surface area contributed by atoms with E-state index in [-0.39, 0.29) is 31.9 Å². The third-order valence-electron chi connectivity index (χ3n) is 5.10. The summed E-state index contributed by atoms with van der Waals surface area (Å²) in [4.78, 5) is 11.5. The van der Waals surface area contributed by atoms with Gasteiger partial charge in [0.1, 0.15) is 17.5 Å². The predicted octanol–water partition coefficient (Wildman–Crippen LogP) is 0.588. The van der Waals surface area contributed by atoms with Crippen LogP contribution >= 0.6 is 0 Å². The van der Waals surface area contributed by atoms with Crippen LogP contribution in [0.4, 0.5) is 0 Å². The first-order valence-electron chi connectivity index (χ1n) is 8.76. The lowest BCUT2D eigenvalue weighted by molar-refractivity contribution is 0.0719. The van der Waals surface area contributed by atoms with Crippen LogP contribution in [0.3, 0.4) is 0 Å². The molecule has 11 heteroatoms. The molecule has 0 spiro atoms. The van der Waals surface area contributed by atoms with Crippen LogP contribution in [0.2, 0.25) is 0 Å². The van der Waals surface area contributed by atoms with Gasteiger partial charge in [0.05, 0.1) is 36.7 Å². The van der Waals surface area contributed by atoms with Crippen LogP contribution in [-0.4, -0.2) is 61.4 Å². The van der Waals surface area contributed by atoms with Gasteiger partial charge in [-0.05, 0) is 13.0 Å². The number of hydrogen-bond donors (Lipinski definition) is 2. The van der Waals surface area contributed by atoms with Gasteiger partial charge in [0.2, 0.25) is 10.0 Å². The molecule has 1 aliphatic rings. The molecule has 1 saturated heterocycles. The summed E-state index contributed by atoms with van der Waals surface area (Å²) in [5.41, 5.74) is 1.93. The van der Waals surface area contributed by atoms with E-state index in [2.05, 4.69) is 26.1 Å². The monoisotopic (exact) mass is 401 g/mol. The molecule has 0 amide bonds. The van der Waals surface area contributed by atoms with E-state index in [4.69, 9.17) is 0 Å². The van der Waals surface area contributed by atoms with Crippen molar-refractivity contribution >= 4 is 21.1 Å². The average Bonchev–Trinajstić information content (AvgIpc) is 3.30. The fourth-order valence-corrected chi connectivity index (χ4v) is 4.73. The molecule has 3 aromatic heterocycles. The van der Waals surface area contributed by atoms with Gasteiger partial charge in [-0.2, -0.15) is 14.7 Å². The fourth-order valence-electron chi connectivity index (χ4n) is 3.49. The second-order valence-corrected chi connectivity index (χ2v) is 9.10. The number of nitrogens with zero attached hydrogens (tertiary/aromatic N) is 6. The highest BCUT2D eigenvalue weighted by atomic mass is 32.2. The smallest absolute Gasteiger partial charge is 0.213 e. The Bertz CT molecular complexity index is 1170. The first kappa shape index (κ1) is 18.5. The summed E-state index contributed by atoms with van der Waals surface area (Å²) in [7, 11) is -3.30. The first-order chi connectivity index (χ1) is 13.4. The van der Waals surface area contributed by atoms with E-state index in [9.17, 15) is 18.8 Å². The van der Waals surface area contributed by atoms with Crippen LogP contribution in [0.25, 0.3) is 22.3 Å². The molecule has 0 atom stereocenters. The number of aromatic nitrogens is 5. The Morgan fingerprint density at radius 2 is 2.18 bits per heavy atom. The number of aliphatic hydroxyl groups excluding tert-OH is 1. The largest absolute Gasteiger partial charge is 0.390 e. The van der Waals surface area contributed by atoms with Gasteiger partial charge in [-0.25, -0.2) is 18.4 Å². The van der Waals surface area contributed by atoms with Crippen LogP contribution in [-0.2, 0) is 22.2 Å². The van der Waals surface area contributed by atoms with Crippen molar-refractivity contribution in [3.63, 3.8) is 0 Å². The van der Waals surface area contributed by atoms with E-state index in [1.54, 1.807) is 30.1 Å². The molecule has 4 rings (SSSR count). The van der Waals surface area contributed by atoms with Gasteiger partial charge in [0, 0.05) is 35.9 Å². The van der Waals surface area contributed by atoms with E-state index in [1.165, 1.54) is 10.6 Å². The van der Waals surface area contributed by atoms with E-state index in [0.717, 1.165) is 10.9 Å². The number of aromatic amines is 1. The molecular weight excluding hydrogens is 382 g/mol. The summed E-state index contributed by atoms with van der Waals surface area (Å²) in [5, 5.41) is 23.8. The fraction of sp³-hybridized carbons (Fsp3) is 0.412. The molecule has 0 bridgehead atoms. The highest BCUT2D eigenvalue weighted by molar-refractivity contribution is 7.89. The Labute approximate surface area is 161 Å². The van der Waals surface area contributed by atoms with Crippen LogP contribution in [0.5, 0.6) is 0 Å². The molecule has 0 unspecified atom stereocenters. The second kappa shape index (κ2) is 6.66. The number of nitrogens with one attached hydrogen (secondary N) is 1. The van der Waals surface area contributed by atoms with Crippen molar-refractivity contribution in [3.8, 4) is 17.3 Å². The Balaban J connectivity index is 1.69. The van der Waals surface area contributed by atoms with Crippen LogP contribution < -0.4 is 0 Å². The van der Waals surface area contributed by atoms with Gasteiger partial charge in [0.15, 0.2) is 0 Å². The quantitative estimate of drug-likeness (QED) is 0.616. The summed E-state index contributed by atoms with van der Waals surface area (Å²) in [5.74, 6) is 0.0274. The number of rotatable bonds is 6. The van der Waals surface area contributed by atoms with Crippen LogP contribution in [0.15, 0.2) is 24.8 Å². The zero-order valence-electron chi connectivity index (χ0n) is 15.2. The molecule has 0 saturated carbocycles. The minimum absolute atomic E-state index is 0.0274. The lowest BCUT2D eigenvalue weighted by atomic mass is 9.89. The molecule has 10 nitrogen and oxygen atoms in total. The minimum atomic E-state index is -3.30. The Kier molecular flexibility index (Phi) is 4.41. The van der Waals surface area contributed by atoms with Crippen molar-refractivity contribution in [1.82, 2.24) is 29.0 Å². The van der Waals surface area contributed by atoms with Gasteiger partial charge < -0.3 is 10.1 Å². The zero-order valence-corrected chi connectivity index (χ0v) is 16.0. The first-order valence-corrected chi connectivity index (χ1v) is 10.4. The third-order valence-corrected chi connectivity index (χ3v) is 6.88. The maximum absolute atomic E-state index is 12.1. The Hall–Kier alpha value is -2.81. The summed E-state index contributed by atoms with van der Waals surface area (Å²) < 4.78 is 27.2. The number of sulfonamides is 1. The third kappa shape index (κ3) is 2.86. The molecule has 28 heavy (non-hydrogen) atoms. The van der Waals surface area contributed by atoms with Crippen molar-refractivity contribution in [2.75, 3.05) is 18.8 Å². The van der Waals surface area contributed by atoms with Gasteiger partial charge in [-0.3, -0.25) is 4.68 Å². The number of fused-ring (bicyclic) bond motifs is 1. The topological polar surface area (TPSA) is 141 Å². The highest BCUT2D eigenvalue weighted by Gasteiger charge is 2.49. The molecule has 2 N–H and O–H groups in total. The molecular formula is C17H19N7O3S. The van der Waals surface area contributed by atoms with Gasteiger partial charge >= 0.3 is 0 Å². The van der Waals surface area contributed by atoms with Crippen molar-refractivity contribution in [2.24, 2.45) is 0 Å². The maximum atomic E-state index is 12.1. The molecule has 0 aromatic carbocycles. The average molecular weight is 401 g/mol. The van der Waals surface area contributed by atoms with E-state index < -0.39 is 15.6 Å². The van der Waals surface area contributed by atoms with Crippen LogP contribution in [0, 0.1) is 11.3 Å². The molecule has 146 valence electrons. The lowest BCUT2D eigenvalue weighted by Gasteiger charge is -2.47. The number of aliphatic hydroxyl groups is 1. The van der Waals surface area contributed by atoms with Crippen molar-refractivity contribution in [3.05, 3.63) is 30.5 Å². The number of hydrogen-bond acceptors (Lipinski definition) is 7. The van der Waals surface area contributed by atoms with Gasteiger partial charge in [-0.15, -0.1) is 0 Å². The zero-order chi connectivity index (χ0) is 19.9. The van der Waals surface area contributed by atoms with Crippen molar-refractivity contribution in [1.29, 1.82) is 5.26 Å². The van der Waals surface area contributed by atoms with Gasteiger partial charge in [0.25, 0.3) is 0 Å². The maximum Gasteiger partial charge on any atom is 0.213 e. The summed E-state index contributed by atoms with van der Waals surface area (Å²) >= 11 is 0. The normalized spacial score (nSPS) is 16.8. The van der Waals surface area contributed by atoms with Crippen molar-refractivity contribution < 1.29 is 13.5 Å². The predicted molar refractivity (Wildman–Crippen MR) is 100 cm³/mol. The lowest BCUT2D eigenvalue weighted by Crippen LogP contribution is -2.64. The molecule has 0 aliphatic carbocycles. The SMILES string of the molecule is CCS(=O)(=O)N1CC(CC#N)(n2cc(-c3ncnc4[nH]c(CO)cc34)cn2)C1. The molecule has 4 heterocycles. The van der Waals surface area contributed by atoms with Gasteiger partial charge in [-0.1, -0.05) is 0 Å². The minimum Gasteiger partial charge on any atom is -0.390 e. The molecule has 3 aromatic rings. The van der Waals surface area contributed by atoms with Crippen LogP contribution in [0.1, 0.15) is 19.0 Å². The number of H-pyrrole nitrogens is 1. The molecule has 1 aliphatic heterocycles. The summed E-state index contributed by atoms with van der Waals surface area (Å²) in [6.07, 6.45) is 5.00. The summed E-state index contributed by atoms with van der Waals surface area (Å²) in [6.45, 7) is 1.90. The standard InChI is InChI=1S/C17H19N7O3S/c1-2-28(26,27)23-9-17(10-23,3-4-18)24-7-12(6-21-24)15-14-5-13(8-25)22-16(14)20-11-19-15/h5-7,11,25H,2-3,8-10H2,1H3,(H,19,20,22). The van der Waals surface area contributed by atoms with Crippen molar-refractivity contribution in [2.45, 2.75) is 25.5 Å². The Morgan fingerprint density at radius 3 is 2.86 bits per heavy atom. The van der Waals surface area contributed by atoms with E-state index in [0.29, 0.717) is 17.0 Å². The molecule has 1 fully saturated rings.